The number of rotatable bonds is 3. The lowest BCUT2D eigenvalue weighted by Crippen LogP contribution is -2.47. The Morgan fingerprint density at radius 2 is 1.88 bits per heavy atom. The second-order valence-corrected chi connectivity index (χ2v) is 5.64. The summed E-state index contributed by atoms with van der Waals surface area (Å²) >= 11 is 0. The van der Waals surface area contributed by atoms with Crippen LogP contribution in [0, 0.1) is 5.92 Å². The topological polar surface area (TPSA) is 40.5 Å². The van der Waals surface area contributed by atoms with Gasteiger partial charge in [0.2, 0.25) is 0 Å². The van der Waals surface area contributed by atoms with Crippen LogP contribution in [0.15, 0.2) is 0 Å². The number of hydrogen-bond acceptors (Lipinski definition) is 2. The van der Waals surface area contributed by atoms with Crippen LogP contribution in [0.1, 0.15) is 58.3 Å². The van der Waals surface area contributed by atoms with E-state index in [0.717, 1.165) is 31.7 Å². The summed E-state index contributed by atoms with van der Waals surface area (Å²) < 4.78 is 0. The number of carboxylic acid groups (broad SMARTS) is 1. The monoisotopic (exact) mass is 239 g/mol. The maximum atomic E-state index is 10.9. The molecule has 98 valence electrons. The van der Waals surface area contributed by atoms with Crippen molar-refractivity contribution in [1.82, 2.24) is 4.90 Å². The summed E-state index contributed by atoms with van der Waals surface area (Å²) in [4.78, 5) is 13.6. The number of aliphatic carboxylic acids is 1. The Kier molecular flexibility index (Phi) is 4.43. The molecule has 2 rings (SSSR count). The van der Waals surface area contributed by atoms with E-state index < -0.39 is 5.97 Å². The summed E-state index contributed by atoms with van der Waals surface area (Å²) in [5.74, 6) is -0.662. The van der Waals surface area contributed by atoms with Crippen molar-refractivity contribution in [2.45, 2.75) is 70.4 Å². The molecule has 3 nitrogen and oxygen atoms in total. The average Bonchev–Trinajstić information content (AvgIpc) is 2.39. The molecule has 0 aromatic heterocycles. The van der Waals surface area contributed by atoms with Crippen molar-refractivity contribution in [3.05, 3.63) is 0 Å². The van der Waals surface area contributed by atoms with Gasteiger partial charge in [0.05, 0.1) is 5.92 Å². The highest BCUT2D eigenvalue weighted by Crippen LogP contribution is 2.32. The Bertz CT molecular complexity index is 259. The molecule has 0 aromatic carbocycles. The van der Waals surface area contributed by atoms with Crippen LogP contribution in [0.5, 0.6) is 0 Å². The molecular weight excluding hydrogens is 214 g/mol. The molecule has 17 heavy (non-hydrogen) atoms. The van der Waals surface area contributed by atoms with Gasteiger partial charge in [-0.1, -0.05) is 13.3 Å². The first-order chi connectivity index (χ1) is 8.22. The van der Waals surface area contributed by atoms with E-state index in [-0.39, 0.29) is 5.92 Å². The minimum absolute atomic E-state index is 0.0730. The maximum Gasteiger partial charge on any atom is 0.306 e. The Morgan fingerprint density at radius 1 is 1.18 bits per heavy atom. The van der Waals surface area contributed by atoms with Crippen molar-refractivity contribution in [1.29, 1.82) is 0 Å². The lowest BCUT2D eigenvalue weighted by molar-refractivity contribution is -0.143. The van der Waals surface area contributed by atoms with E-state index >= 15 is 0 Å². The third-order valence-corrected chi connectivity index (χ3v) is 4.66. The van der Waals surface area contributed by atoms with Crippen LogP contribution in [0.4, 0.5) is 0 Å². The molecule has 2 aliphatic rings. The van der Waals surface area contributed by atoms with E-state index in [9.17, 15) is 4.79 Å². The van der Waals surface area contributed by atoms with Gasteiger partial charge in [-0.05, 0) is 51.5 Å². The molecule has 0 radical (unpaired) electrons. The van der Waals surface area contributed by atoms with E-state index in [4.69, 9.17) is 5.11 Å². The van der Waals surface area contributed by atoms with E-state index in [2.05, 4.69) is 11.8 Å². The van der Waals surface area contributed by atoms with Gasteiger partial charge in [0.15, 0.2) is 0 Å². The Balaban J connectivity index is 1.88. The maximum absolute atomic E-state index is 10.9. The normalized spacial score (nSPS) is 35.7. The first-order valence-electron chi connectivity index (χ1n) is 7.21. The molecule has 3 heteroatoms. The summed E-state index contributed by atoms with van der Waals surface area (Å²) in [6, 6.07) is 1.42. The SMILES string of the molecule is CC[C@H]1CCCCN1C1CCC(C(=O)O)CC1. The van der Waals surface area contributed by atoms with Crippen molar-refractivity contribution in [2.75, 3.05) is 6.54 Å². The van der Waals surface area contributed by atoms with Crippen molar-refractivity contribution in [2.24, 2.45) is 5.92 Å². The minimum atomic E-state index is -0.589. The first kappa shape index (κ1) is 12.9. The van der Waals surface area contributed by atoms with Crippen molar-refractivity contribution in [3.63, 3.8) is 0 Å². The molecule has 1 N–H and O–H groups in total. The Labute approximate surface area is 104 Å². The van der Waals surface area contributed by atoms with Crippen LogP contribution in [0.2, 0.25) is 0 Å². The number of carboxylic acids is 1. The zero-order valence-corrected chi connectivity index (χ0v) is 10.9. The standard InChI is InChI=1S/C14H25NO2/c1-2-12-5-3-4-10-15(12)13-8-6-11(7-9-13)14(16)17/h11-13H,2-10H2,1H3,(H,16,17)/t11?,12-,13?/m0/s1. The fraction of sp³-hybridized carbons (Fsp3) is 0.929. The van der Waals surface area contributed by atoms with Gasteiger partial charge in [-0.15, -0.1) is 0 Å². The van der Waals surface area contributed by atoms with Gasteiger partial charge in [-0.25, -0.2) is 0 Å². The lowest BCUT2D eigenvalue weighted by atomic mass is 9.83. The minimum Gasteiger partial charge on any atom is -0.481 e. The van der Waals surface area contributed by atoms with Gasteiger partial charge >= 0.3 is 5.97 Å². The Hall–Kier alpha value is -0.570. The molecule has 1 saturated heterocycles. The molecule has 1 aliphatic heterocycles. The predicted octanol–water partition coefficient (Wildman–Crippen LogP) is 2.89. The molecule has 0 aromatic rings. The first-order valence-corrected chi connectivity index (χ1v) is 7.21. The van der Waals surface area contributed by atoms with Gasteiger partial charge in [0.25, 0.3) is 0 Å². The van der Waals surface area contributed by atoms with Crippen LogP contribution < -0.4 is 0 Å². The lowest BCUT2D eigenvalue weighted by Gasteiger charge is -2.43. The molecule has 0 spiro atoms. The highest BCUT2D eigenvalue weighted by atomic mass is 16.4. The number of carbonyl (C=O) groups is 1. The fourth-order valence-electron chi connectivity index (χ4n) is 3.60. The van der Waals surface area contributed by atoms with Crippen molar-refractivity contribution < 1.29 is 9.90 Å². The Morgan fingerprint density at radius 3 is 2.47 bits per heavy atom. The second-order valence-electron chi connectivity index (χ2n) is 5.64. The third-order valence-electron chi connectivity index (χ3n) is 4.66. The van der Waals surface area contributed by atoms with Crippen molar-refractivity contribution in [3.8, 4) is 0 Å². The molecule has 1 heterocycles. The largest absolute Gasteiger partial charge is 0.481 e. The van der Waals surface area contributed by atoms with Gasteiger partial charge in [-0.2, -0.15) is 0 Å². The zero-order chi connectivity index (χ0) is 12.3. The fourth-order valence-corrected chi connectivity index (χ4v) is 3.60. The third kappa shape index (κ3) is 3.01. The highest BCUT2D eigenvalue weighted by Gasteiger charge is 2.32. The molecule has 0 bridgehead atoms. The van der Waals surface area contributed by atoms with E-state index in [1.807, 2.05) is 0 Å². The molecule has 1 atom stereocenters. The summed E-state index contributed by atoms with van der Waals surface area (Å²) in [6.07, 6.45) is 9.24. The molecule has 1 aliphatic carbocycles. The van der Waals surface area contributed by atoms with Gasteiger partial charge < -0.3 is 5.11 Å². The van der Waals surface area contributed by atoms with Gasteiger partial charge in [0.1, 0.15) is 0 Å². The quantitative estimate of drug-likeness (QED) is 0.823. The van der Waals surface area contributed by atoms with Gasteiger partial charge in [-0.3, -0.25) is 9.69 Å². The molecular formula is C14H25NO2. The van der Waals surface area contributed by atoms with Crippen LogP contribution in [-0.4, -0.2) is 34.6 Å². The number of hydrogen-bond donors (Lipinski definition) is 1. The zero-order valence-electron chi connectivity index (χ0n) is 10.9. The average molecular weight is 239 g/mol. The number of piperidine rings is 1. The second kappa shape index (κ2) is 5.85. The summed E-state index contributed by atoms with van der Waals surface area (Å²) in [6.45, 7) is 3.52. The van der Waals surface area contributed by atoms with Crippen molar-refractivity contribution >= 4 is 5.97 Å². The summed E-state index contributed by atoms with van der Waals surface area (Å²) in [7, 11) is 0. The molecule has 2 fully saturated rings. The van der Waals surface area contributed by atoms with Crippen LogP contribution in [-0.2, 0) is 4.79 Å². The predicted molar refractivity (Wildman–Crippen MR) is 68.0 cm³/mol. The summed E-state index contributed by atoms with van der Waals surface area (Å²) in [5, 5.41) is 9.02. The number of likely N-dealkylation sites (tertiary alicyclic amines) is 1. The van der Waals surface area contributed by atoms with Crippen LogP contribution in [0.25, 0.3) is 0 Å². The number of nitrogens with zero attached hydrogens (tertiary/aromatic N) is 1. The van der Waals surface area contributed by atoms with E-state index in [0.29, 0.717) is 6.04 Å². The van der Waals surface area contributed by atoms with Crippen LogP contribution in [0.3, 0.4) is 0 Å². The van der Waals surface area contributed by atoms with E-state index in [1.165, 1.54) is 32.2 Å². The molecule has 0 amide bonds. The molecule has 1 saturated carbocycles. The highest BCUT2D eigenvalue weighted by molar-refractivity contribution is 5.70. The molecule has 0 unspecified atom stereocenters. The smallest absolute Gasteiger partial charge is 0.306 e. The van der Waals surface area contributed by atoms with E-state index in [1.54, 1.807) is 0 Å². The summed E-state index contributed by atoms with van der Waals surface area (Å²) in [5.41, 5.74) is 0. The van der Waals surface area contributed by atoms with Crippen LogP contribution >= 0.6 is 0 Å². The van der Waals surface area contributed by atoms with Gasteiger partial charge in [0, 0.05) is 12.1 Å².